The topological polar surface area (TPSA) is 17.3 Å². The van der Waals surface area contributed by atoms with Crippen LogP contribution in [0.5, 0.6) is 0 Å². The van der Waals surface area contributed by atoms with Crippen LogP contribution in [0.25, 0.3) is 11.1 Å². The second-order valence-corrected chi connectivity index (χ2v) is 2.92. The molecule has 0 bridgehead atoms. The third kappa shape index (κ3) is 1.01. The minimum absolute atomic E-state index is 1.07. The molecule has 0 saturated heterocycles. The van der Waals surface area contributed by atoms with Crippen LogP contribution < -0.4 is 0 Å². The first-order valence-corrected chi connectivity index (χ1v) is 3.85. The second-order valence-electron chi connectivity index (χ2n) is 2.92. The fourth-order valence-electron chi connectivity index (χ4n) is 1.17. The molecule has 0 atom stereocenters. The van der Waals surface area contributed by atoms with Gasteiger partial charge in [-0.15, -0.1) is 0 Å². The molecular weight excluding hydrogens is 148 g/mol. The minimum Gasteiger partial charge on any atom is -0.306 e. The molecule has 2 heteroatoms. The summed E-state index contributed by atoms with van der Waals surface area (Å²) in [7, 11) is 0. The first-order valence-electron chi connectivity index (χ1n) is 3.85. The van der Waals surface area contributed by atoms with E-state index in [2.05, 4.69) is 17.6 Å². The Hall–Kier alpha value is -1.57. The monoisotopic (exact) mass is 158 g/mol. The smallest absolute Gasteiger partial charge is 0.0992 e. The number of pyridine rings is 1. The van der Waals surface area contributed by atoms with Gasteiger partial charge in [0.25, 0.3) is 0 Å². The molecule has 0 N–H and O–H groups in total. The Kier molecular flexibility index (Phi) is 1.47. The van der Waals surface area contributed by atoms with Crippen molar-refractivity contribution < 1.29 is 0 Å². The lowest BCUT2D eigenvalue weighted by atomic mass is 10.1. The maximum absolute atomic E-state index is 4.04. The molecule has 0 aliphatic rings. The van der Waals surface area contributed by atoms with Gasteiger partial charge in [0.1, 0.15) is 0 Å². The van der Waals surface area contributed by atoms with Crippen LogP contribution in [0.1, 0.15) is 12.5 Å². The number of aromatic nitrogens is 2. The van der Waals surface area contributed by atoms with Gasteiger partial charge in [0.2, 0.25) is 0 Å². The largest absolute Gasteiger partial charge is 0.306 e. The van der Waals surface area contributed by atoms with Gasteiger partial charge in [0.05, 0.1) is 18.0 Å². The fourth-order valence-corrected chi connectivity index (χ4v) is 1.17. The maximum Gasteiger partial charge on any atom is 0.0992 e. The molecule has 2 nitrogen and oxygen atoms in total. The van der Waals surface area contributed by atoms with E-state index in [1.165, 1.54) is 0 Å². The highest BCUT2D eigenvalue weighted by Gasteiger charge is 1.95. The van der Waals surface area contributed by atoms with E-state index in [-0.39, 0.29) is 0 Å². The summed E-state index contributed by atoms with van der Waals surface area (Å²) < 4.78 is 1.99. The minimum atomic E-state index is 1.07. The molecule has 0 unspecified atom stereocenters. The first kappa shape index (κ1) is 7.10. The Morgan fingerprint density at radius 3 is 3.08 bits per heavy atom. The zero-order valence-corrected chi connectivity index (χ0v) is 6.99. The standard InChI is InChI=1S/C10H10N2/c1-8(2)9-3-4-10-5-11-7-12(10)6-9/h3-7H,1H2,2H3. The predicted octanol–water partition coefficient (Wildman–Crippen LogP) is 2.37. The molecule has 0 spiro atoms. The van der Waals surface area contributed by atoms with Gasteiger partial charge in [-0.3, -0.25) is 0 Å². The maximum atomic E-state index is 4.04. The van der Waals surface area contributed by atoms with Gasteiger partial charge in [0.15, 0.2) is 0 Å². The molecule has 0 aliphatic carbocycles. The third-order valence-corrected chi connectivity index (χ3v) is 1.90. The molecule has 0 amide bonds. The SMILES string of the molecule is C=C(C)c1ccc2cncn2c1. The van der Waals surface area contributed by atoms with E-state index >= 15 is 0 Å². The van der Waals surface area contributed by atoms with Crippen LogP contribution in [0.3, 0.4) is 0 Å². The summed E-state index contributed by atoms with van der Waals surface area (Å²) in [5.74, 6) is 0. The number of imidazole rings is 1. The normalized spacial score (nSPS) is 10.4. The fraction of sp³-hybridized carbons (Fsp3) is 0.100. The zero-order valence-electron chi connectivity index (χ0n) is 6.99. The number of fused-ring (bicyclic) bond motifs is 1. The average Bonchev–Trinajstić information content (AvgIpc) is 2.49. The number of nitrogens with zero attached hydrogens (tertiary/aromatic N) is 2. The van der Waals surface area contributed by atoms with Crippen LogP contribution in [-0.4, -0.2) is 9.38 Å². The van der Waals surface area contributed by atoms with Crippen LogP contribution in [-0.2, 0) is 0 Å². The quantitative estimate of drug-likeness (QED) is 0.622. The second kappa shape index (κ2) is 2.48. The summed E-state index contributed by atoms with van der Waals surface area (Å²) in [5.41, 5.74) is 3.34. The molecule has 2 rings (SSSR count). The molecule has 0 radical (unpaired) electrons. The van der Waals surface area contributed by atoms with E-state index in [1.807, 2.05) is 29.8 Å². The van der Waals surface area contributed by atoms with Crippen molar-refractivity contribution >= 4 is 11.1 Å². The van der Waals surface area contributed by atoms with E-state index in [9.17, 15) is 0 Å². The molecule has 2 aromatic rings. The van der Waals surface area contributed by atoms with Gasteiger partial charge in [-0.2, -0.15) is 0 Å². The van der Waals surface area contributed by atoms with Crippen molar-refractivity contribution in [1.29, 1.82) is 0 Å². The van der Waals surface area contributed by atoms with Gasteiger partial charge in [-0.1, -0.05) is 12.6 Å². The molecular formula is C10H10N2. The van der Waals surface area contributed by atoms with Crippen molar-refractivity contribution in [3.8, 4) is 0 Å². The molecule has 60 valence electrons. The lowest BCUT2D eigenvalue weighted by Gasteiger charge is -1.99. The Bertz CT molecular complexity index is 426. The number of rotatable bonds is 1. The van der Waals surface area contributed by atoms with Crippen LogP contribution in [0.4, 0.5) is 0 Å². The van der Waals surface area contributed by atoms with Gasteiger partial charge >= 0.3 is 0 Å². The van der Waals surface area contributed by atoms with E-state index < -0.39 is 0 Å². The van der Waals surface area contributed by atoms with E-state index in [0.717, 1.165) is 16.7 Å². The number of hydrogen-bond donors (Lipinski definition) is 0. The van der Waals surface area contributed by atoms with Crippen molar-refractivity contribution in [1.82, 2.24) is 9.38 Å². The Morgan fingerprint density at radius 1 is 1.50 bits per heavy atom. The van der Waals surface area contributed by atoms with Crippen LogP contribution in [0, 0.1) is 0 Å². The zero-order chi connectivity index (χ0) is 8.55. The Morgan fingerprint density at radius 2 is 2.33 bits per heavy atom. The van der Waals surface area contributed by atoms with E-state index in [0.29, 0.717) is 0 Å². The van der Waals surface area contributed by atoms with Crippen molar-refractivity contribution in [2.45, 2.75) is 6.92 Å². The van der Waals surface area contributed by atoms with Crippen molar-refractivity contribution in [3.63, 3.8) is 0 Å². The van der Waals surface area contributed by atoms with Gasteiger partial charge in [-0.25, -0.2) is 4.98 Å². The number of allylic oxidation sites excluding steroid dienone is 1. The highest BCUT2D eigenvalue weighted by atomic mass is 15.0. The predicted molar refractivity (Wildman–Crippen MR) is 49.9 cm³/mol. The lowest BCUT2D eigenvalue weighted by Crippen LogP contribution is -1.84. The summed E-state index contributed by atoms with van der Waals surface area (Å²) in [6.07, 6.45) is 5.66. The average molecular weight is 158 g/mol. The first-order chi connectivity index (χ1) is 5.77. The number of hydrogen-bond acceptors (Lipinski definition) is 1. The summed E-state index contributed by atoms with van der Waals surface area (Å²) >= 11 is 0. The summed E-state index contributed by atoms with van der Waals surface area (Å²) in [4.78, 5) is 4.04. The van der Waals surface area contributed by atoms with Gasteiger partial charge in [0, 0.05) is 6.20 Å². The van der Waals surface area contributed by atoms with Gasteiger partial charge in [-0.05, 0) is 24.1 Å². The van der Waals surface area contributed by atoms with Crippen molar-refractivity contribution in [3.05, 3.63) is 43.0 Å². The van der Waals surface area contributed by atoms with Gasteiger partial charge < -0.3 is 4.40 Å². The third-order valence-electron chi connectivity index (χ3n) is 1.90. The molecule has 2 aromatic heterocycles. The molecule has 2 heterocycles. The van der Waals surface area contributed by atoms with Crippen LogP contribution in [0.15, 0.2) is 37.4 Å². The van der Waals surface area contributed by atoms with Crippen molar-refractivity contribution in [2.75, 3.05) is 0 Å². The Labute approximate surface area is 71.2 Å². The highest BCUT2D eigenvalue weighted by molar-refractivity contribution is 5.62. The van der Waals surface area contributed by atoms with E-state index in [1.54, 1.807) is 6.33 Å². The molecule has 0 fully saturated rings. The lowest BCUT2D eigenvalue weighted by molar-refractivity contribution is 1.15. The summed E-state index contributed by atoms with van der Waals surface area (Å²) in [5, 5.41) is 0. The molecule has 12 heavy (non-hydrogen) atoms. The summed E-state index contributed by atoms with van der Waals surface area (Å²) in [6, 6.07) is 4.09. The molecule has 0 saturated carbocycles. The molecule has 0 aromatic carbocycles. The summed E-state index contributed by atoms with van der Waals surface area (Å²) in [6.45, 7) is 5.88. The van der Waals surface area contributed by atoms with Crippen LogP contribution >= 0.6 is 0 Å². The van der Waals surface area contributed by atoms with Crippen molar-refractivity contribution in [2.24, 2.45) is 0 Å². The van der Waals surface area contributed by atoms with E-state index in [4.69, 9.17) is 0 Å². The van der Waals surface area contributed by atoms with Crippen LogP contribution in [0.2, 0.25) is 0 Å². The highest BCUT2D eigenvalue weighted by Crippen LogP contribution is 2.12. The molecule has 0 aliphatic heterocycles. The Balaban J connectivity index is 2.68.